The summed E-state index contributed by atoms with van der Waals surface area (Å²) < 4.78 is 25.8. The van der Waals surface area contributed by atoms with Crippen LogP contribution in [0.3, 0.4) is 0 Å². The molecule has 0 atom stereocenters. The number of fused-ring (bicyclic) bond motifs is 1. The first-order valence-electron chi connectivity index (χ1n) is 4.47. The number of halogens is 3. The third-order valence-electron chi connectivity index (χ3n) is 2.19. The highest BCUT2D eigenvalue weighted by molar-refractivity contribution is 9.10. The Morgan fingerprint density at radius 1 is 1.38 bits per heavy atom. The Bertz CT molecular complexity index is 531. The molecule has 1 aromatic heterocycles. The van der Waals surface area contributed by atoms with Crippen LogP contribution in [0.4, 0.5) is 14.5 Å². The van der Waals surface area contributed by atoms with Crippen LogP contribution < -0.4 is 11.3 Å². The van der Waals surface area contributed by atoms with Crippen molar-refractivity contribution in [2.24, 2.45) is 5.84 Å². The Balaban J connectivity index is 2.79. The smallest absolute Gasteiger partial charge is 0.280 e. The number of nitrogens with zero attached hydrogens (tertiary/aromatic N) is 1. The number of rotatable bonds is 2. The maximum absolute atomic E-state index is 12.6. The third-order valence-corrected chi connectivity index (χ3v) is 2.83. The normalized spacial score (nSPS) is 11.1. The van der Waals surface area contributed by atoms with E-state index in [4.69, 9.17) is 5.84 Å². The number of anilines is 1. The molecule has 0 aliphatic heterocycles. The average Bonchev–Trinajstić information content (AvgIpc) is 2.28. The number of hydrogen-bond donors (Lipinski definition) is 2. The van der Waals surface area contributed by atoms with Crippen LogP contribution in [0, 0.1) is 0 Å². The predicted molar refractivity (Wildman–Crippen MR) is 62.2 cm³/mol. The Hall–Kier alpha value is -1.27. The topological polar surface area (TPSA) is 50.9 Å². The Morgan fingerprint density at radius 2 is 2.12 bits per heavy atom. The summed E-state index contributed by atoms with van der Waals surface area (Å²) in [6.07, 6.45) is -2.62. The van der Waals surface area contributed by atoms with Crippen molar-refractivity contribution < 1.29 is 8.78 Å². The average molecular weight is 288 g/mol. The highest BCUT2D eigenvalue weighted by atomic mass is 79.9. The van der Waals surface area contributed by atoms with Crippen molar-refractivity contribution in [2.75, 3.05) is 5.43 Å². The van der Waals surface area contributed by atoms with Gasteiger partial charge in [0.25, 0.3) is 6.43 Å². The summed E-state index contributed by atoms with van der Waals surface area (Å²) >= 11 is 3.27. The fraction of sp³-hybridized carbons (Fsp3) is 0.100. The van der Waals surface area contributed by atoms with E-state index in [2.05, 4.69) is 26.3 Å². The summed E-state index contributed by atoms with van der Waals surface area (Å²) in [5.41, 5.74) is 3.00. The standard InChI is InChI=1S/C10H8BrF2N3/c11-6-3-1-2-5-7(16-14)4-8(10(12)13)15-9(5)6/h1-4,10H,14H2,(H,15,16). The molecule has 0 saturated heterocycles. The first-order chi connectivity index (χ1) is 7.63. The molecule has 0 aliphatic carbocycles. The molecule has 16 heavy (non-hydrogen) atoms. The second kappa shape index (κ2) is 4.31. The molecule has 0 radical (unpaired) electrons. The number of pyridine rings is 1. The maximum Gasteiger partial charge on any atom is 0.280 e. The van der Waals surface area contributed by atoms with E-state index in [0.29, 0.717) is 21.1 Å². The van der Waals surface area contributed by atoms with Gasteiger partial charge < -0.3 is 5.43 Å². The van der Waals surface area contributed by atoms with Gasteiger partial charge in [0.15, 0.2) is 0 Å². The summed E-state index contributed by atoms with van der Waals surface area (Å²) in [5.74, 6) is 5.30. The third kappa shape index (κ3) is 1.85. The van der Waals surface area contributed by atoms with E-state index in [1.807, 2.05) is 0 Å². The van der Waals surface area contributed by atoms with Crippen molar-refractivity contribution in [1.82, 2.24) is 4.98 Å². The van der Waals surface area contributed by atoms with E-state index in [0.717, 1.165) is 0 Å². The minimum atomic E-state index is -2.62. The predicted octanol–water partition coefficient (Wildman–Crippen LogP) is 3.22. The molecule has 0 bridgehead atoms. The van der Waals surface area contributed by atoms with Gasteiger partial charge in [0.2, 0.25) is 0 Å². The van der Waals surface area contributed by atoms with Gasteiger partial charge in [-0.05, 0) is 28.1 Å². The number of aromatic nitrogens is 1. The van der Waals surface area contributed by atoms with E-state index >= 15 is 0 Å². The number of nitrogens with one attached hydrogen (secondary N) is 1. The van der Waals surface area contributed by atoms with Crippen LogP contribution in [0.15, 0.2) is 28.7 Å². The van der Waals surface area contributed by atoms with Crippen molar-refractivity contribution in [2.45, 2.75) is 6.43 Å². The van der Waals surface area contributed by atoms with Crippen molar-refractivity contribution >= 4 is 32.5 Å². The van der Waals surface area contributed by atoms with Gasteiger partial charge in [-0.15, -0.1) is 0 Å². The molecule has 0 spiro atoms. The van der Waals surface area contributed by atoms with Gasteiger partial charge in [0.05, 0.1) is 11.2 Å². The van der Waals surface area contributed by atoms with Crippen LogP contribution in [-0.4, -0.2) is 4.98 Å². The van der Waals surface area contributed by atoms with Gasteiger partial charge in [0.1, 0.15) is 5.69 Å². The van der Waals surface area contributed by atoms with Gasteiger partial charge in [-0.3, -0.25) is 5.84 Å². The van der Waals surface area contributed by atoms with Crippen molar-refractivity contribution in [3.63, 3.8) is 0 Å². The maximum atomic E-state index is 12.6. The van der Waals surface area contributed by atoms with Gasteiger partial charge >= 0.3 is 0 Å². The molecular weight excluding hydrogens is 280 g/mol. The molecule has 0 fully saturated rings. The second-order valence-electron chi connectivity index (χ2n) is 3.18. The molecular formula is C10H8BrF2N3. The molecule has 1 aromatic carbocycles. The van der Waals surface area contributed by atoms with Crippen molar-refractivity contribution in [1.29, 1.82) is 0 Å². The fourth-order valence-electron chi connectivity index (χ4n) is 1.46. The molecule has 3 N–H and O–H groups in total. The molecule has 0 saturated carbocycles. The van der Waals surface area contributed by atoms with Gasteiger partial charge in [-0.1, -0.05) is 12.1 Å². The Morgan fingerprint density at radius 3 is 2.75 bits per heavy atom. The zero-order chi connectivity index (χ0) is 11.7. The first kappa shape index (κ1) is 11.2. The highest BCUT2D eigenvalue weighted by Crippen LogP contribution is 2.30. The number of para-hydroxylation sites is 1. The minimum Gasteiger partial charge on any atom is -0.323 e. The number of benzene rings is 1. The summed E-state index contributed by atoms with van der Waals surface area (Å²) in [4.78, 5) is 3.89. The van der Waals surface area contributed by atoms with Crippen LogP contribution in [0.5, 0.6) is 0 Å². The molecule has 1 heterocycles. The van der Waals surface area contributed by atoms with E-state index < -0.39 is 6.43 Å². The lowest BCUT2D eigenvalue weighted by Crippen LogP contribution is -2.08. The molecule has 3 nitrogen and oxygen atoms in total. The second-order valence-corrected chi connectivity index (χ2v) is 4.03. The Labute approximate surface area is 98.8 Å². The highest BCUT2D eigenvalue weighted by Gasteiger charge is 2.13. The van der Waals surface area contributed by atoms with E-state index in [-0.39, 0.29) is 5.69 Å². The van der Waals surface area contributed by atoms with Crippen molar-refractivity contribution in [3.05, 3.63) is 34.4 Å². The Kier molecular flexibility index (Phi) is 3.02. The summed E-state index contributed by atoms with van der Waals surface area (Å²) in [6, 6.07) is 6.54. The molecule has 2 aromatic rings. The van der Waals surface area contributed by atoms with E-state index in [1.165, 1.54) is 6.07 Å². The van der Waals surface area contributed by atoms with Crippen LogP contribution in [0.25, 0.3) is 10.9 Å². The molecule has 2 rings (SSSR count). The molecule has 0 amide bonds. The summed E-state index contributed by atoms with van der Waals surface area (Å²) in [6.45, 7) is 0. The number of hydrogen-bond acceptors (Lipinski definition) is 3. The lowest BCUT2D eigenvalue weighted by molar-refractivity contribution is 0.146. The number of nitrogen functional groups attached to an aromatic ring is 1. The van der Waals surface area contributed by atoms with Gasteiger partial charge in [-0.25, -0.2) is 13.8 Å². The summed E-state index contributed by atoms with van der Waals surface area (Å²) in [5, 5.41) is 0.696. The van der Waals surface area contributed by atoms with Crippen LogP contribution >= 0.6 is 15.9 Å². The van der Waals surface area contributed by atoms with Crippen LogP contribution in [0.2, 0.25) is 0 Å². The van der Waals surface area contributed by atoms with E-state index in [1.54, 1.807) is 18.2 Å². The SMILES string of the molecule is NNc1cc(C(F)F)nc2c(Br)cccc12. The largest absolute Gasteiger partial charge is 0.323 e. The molecule has 6 heteroatoms. The van der Waals surface area contributed by atoms with Gasteiger partial charge in [-0.2, -0.15) is 0 Å². The number of alkyl halides is 2. The minimum absolute atomic E-state index is 0.299. The molecule has 0 unspecified atom stereocenters. The molecule has 84 valence electrons. The van der Waals surface area contributed by atoms with Crippen LogP contribution in [-0.2, 0) is 0 Å². The fourth-order valence-corrected chi connectivity index (χ4v) is 1.92. The van der Waals surface area contributed by atoms with Crippen LogP contribution in [0.1, 0.15) is 12.1 Å². The van der Waals surface area contributed by atoms with Gasteiger partial charge in [0, 0.05) is 9.86 Å². The number of hydrazine groups is 1. The summed E-state index contributed by atoms with van der Waals surface area (Å²) in [7, 11) is 0. The lowest BCUT2D eigenvalue weighted by atomic mass is 10.1. The zero-order valence-electron chi connectivity index (χ0n) is 8.05. The van der Waals surface area contributed by atoms with E-state index in [9.17, 15) is 8.78 Å². The molecule has 0 aliphatic rings. The zero-order valence-corrected chi connectivity index (χ0v) is 9.63. The number of nitrogens with two attached hydrogens (primary N) is 1. The van der Waals surface area contributed by atoms with Crippen molar-refractivity contribution in [3.8, 4) is 0 Å². The quantitative estimate of drug-likeness (QED) is 0.659. The monoisotopic (exact) mass is 287 g/mol. The lowest BCUT2D eigenvalue weighted by Gasteiger charge is -2.09. The first-order valence-corrected chi connectivity index (χ1v) is 5.26.